The maximum absolute atomic E-state index is 11.9. The molecule has 2 N–H and O–H groups in total. The first kappa shape index (κ1) is 19.4. The Morgan fingerprint density at radius 3 is 2.75 bits per heavy atom. The molecular formula is C16H25ClN3O2S2+. The molecule has 0 saturated carbocycles. The molecule has 134 valence electrons. The SMILES string of the molecule is Cc1c(Cl)cccc1NC(=S)N(CC[NH+](C)C)[C@@H]1CCS(=O)(=O)C1. The van der Waals surface area contributed by atoms with Gasteiger partial charge in [0.05, 0.1) is 38.7 Å². The number of nitrogens with zero attached hydrogens (tertiary/aromatic N) is 1. The second-order valence-corrected chi connectivity index (χ2v) is 9.57. The Morgan fingerprint density at radius 1 is 1.46 bits per heavy atom. The normalized spacial score (nSPS) is 19.5. The maximum Gasteiger partial charge on any atom is 0.173 e. The molecule has 1 atom stereocenters. The molecule has 0 radical (unpaired) electrons. The summed E-state index contributed by atoms with van der Waals surface area (Å²) in [6.45, 7) is 3.53. The van der Waals surface area contributed by atoms with Crippen molar-refractivity contribution >= 4 is 44.5 Å². The monoisotopic (exact) mass is 390 g/mol. The fourth-order valence-electron chi connectivity index (χ4n) is 2.75. The van der Waals surface area contributed by atoms with Crippen LogP contribution in [-0.2, 0) is 9.84 Å². The Labute approximate surface area is 154 Å². The summed E-state index contributed by atoms with van der Waals surface area (Å²) in [4.78, 5) is 3.32. The predicted molar refractivity (Wildman–Crippen MR) is 104 cm³/mol. The van der Waals surface area contributed by atoms with Crippen LogP contribution in [0.4, 0.5) is 5.69 Å². The van der Waals surface area contributed by atoms with Gasteiger partial charge in [0.15, 0.2) is 14.9 Å². The fourth-order valence-corrected chi connectivity index (χ4v) is 5.00. The lowest BCUT2D eigenvalue weighted by Crippen LogP contribution is -3.06. The molecule has 0 aliphatic carbocycles. The summed E-state index contributed by atoms with van der Waals surface area (Å²) < 4.78 is 23.7. The lowest BCUT2D eigenvalue weighted by atomic mass is 10.2. The Kier molecular flexibility index (Phi) is 6.47. The van der Waals surface area contributed by atoms with Gasteiger partial charge in [-0.3, -0.25) is 0 Å². The number of nitrogens with one attached hydrogen (secondary N) is 2. The number of thiocarbonyl (C=S) groups is 1. The lowest BCUT2D eigenvalue weighted by Gasteiger charge is -2.31. The minimum absolute atomic E-state index is 0.0613. The van der Waals surface area contributed by atoms with E-state index in [9.17, 15) is 8.42 Å². The van der Waals surface area contributed by atoms with Crippen LogP contribution in [0, 0.1) is 6.92 Å². The summed E-state index contributed by atoms with van der Waals surface area (Å²) in [5.74, 6) is 0.411. The molecule has 0 aromatic heterocycles. The van der Waals surface area contributed by atoms with Crippen molar-refractivity contribution in [3.63, 3.8) is 0 Å². The highest BCUT2D eigenvalue weighted by atomic mass is 35.5. The standard InChI is InChI=1S/C16H24ClN3O2S2/c1-12-14(17)5-4-6-15(12)18-16(23)20(9-8-19(2)3)13-7-10-24(21,22)11-13/h4-6,13H,7-11H2,1-3H3,(H,18,23)/p+1/t13-/m1/s1. The van der Waals surface area contributed by atoms with Gasteiger partial charge >= 0.3 is 0 Å². The van der Waals surface area contributed by atoms with Gasteiger partial charge < -0.3 is 15.1 Å². The van der Waals surface area contributed by atoms with E-state index >= 15 is 0 Å². The molecule has 1 aliphatic heterocycles. The third-order valence-corrected chi connectivity index (χ3v) is 6.77. The van der Waals surface area contributed by atoms with E-state index in [2.05, 4.69) is 19.4 Å². The predicted octanol–water partition coefficient (Wildman–Crippen LogP) is 0.979. The second kappa shape index (κ2) is 7.99. The highest BCUT2D eigenvalue weighted by Crippen LogP contribution is 2.24. The van der Waals surface area contributed by atoms with Crippen molar-refractivity contribution in [2.24, 2.45) is 0 Å². The molecule has 1 fully saturated rings. The van der Waals surface area contributed by atoms with Crippen molar-refractivity contribution in [3.8, 4) is 0 Å². The van der Waals surface area contributed by atoms with Gasteiger partial charge in [0.1, 0.15) is 0 Å². The van der Waals surface area contributed by atoms with E-state index in [4.69, 9.17) is 23.8 Å². The van der Waals surface area contributed by atoms with Gasteiger partial charge in [0.25, 0.3) is 0 Å². The van der Waals surface area contributed by atoms with Gasteiger partial charge in [-0.15, -0.1) is 0 Å². The van der Waals surface area contributed by atoms with E-state index in [1.165, 1.54) is 4.90 Å². The zero-order valence-corrected chi connectivity index (χ0v) is 16.7. The maximum atomic E-state index is 11.9. The topological polar surface area (TPSA) is 53.9 Å². The molecule has 1 saturated heterocycles. The smallest absolute Gasteiger partial charge is 0.173 e. The van der Waals surface area contributed by atoms with Crippen molar-refractivity contribution < 1.29 is 13.3 Å². The van der Waals surface area contributed by atoms with Gasteiger partial charge in [-0.05, 0) is 43.3 Å². The van der Waals surface area contributed by atoms with Gasteiger partial charge in [0.2, 0.25) is 0 Å². The summed E-state index contributed by atoms with van der Waals surface area (Å²) in [5, 5.41) is 4.48. The molecule has 0 bridgehead atoms. The van der Waals surface area contributed by atoms with Crippen molar-refractivity contribution in [3.05, 3.63) is 28.8 Å². The highest BCUT2D eigenvalue weighted by Gasteiger charge is 2.33. The first-order valence-corrected chi connectivity index (χ1v) is 10.6. The molecule has 1 aromatic carbocycles. The Bertz CT molecular complexity index is 707. The van der Waals surface area contributed by atoms with E-state index in [1.807, 2.05) is 30.0 Å². The molecule has 1 aromatic rings. The van der Waals surface area contributed by atoms with Crippen LogP contribution in [0.15, 0.2) is 18.2 Å². The summed E-state index contributed by atoms with van der Waals surface area (Å²) in [7, 11) is 1.18. The summed E-state index contributed by atoms with van der Waals surface area (Å²) >= 11 is 11.8. The third-order valence-electron chi connectivity index (χ3n) is 4.27. The van der Waals surface area contributed by atoms with Crippen LogP contribution in [-0.4, -0.2) is 63.2 Å². The van der Waals surface area contributed by atoms with Crippen molar-refractivity contribution in [1.82, 2.24) is 4.90 Å². The van der Waals surface area contributed by atoms with Crippen molar-refractivity contribution in [2.45, 2.75) is 19.4 Å². The van der Waals surface area contributed by atoms with Crippen molar-refractivity contribution in [2.75, 3.05) is 44.0 Å². The Morgan fingerprint density at radius 2 is 2.17 bits per heavy atom. The number of hydrogen-bond donors (Lipinski definition) is 2. The van der Waals surface area contributed by atoms with E-state index in [0.29, 0.717) is 23.1 Å². The fraction of sp³-hybridized carbons (Fsp3) is 0.562. The number of rotatable bonds is 5. The molecule has 0 amide bonds. The summed E-state index contributed by atoms with van der Waals surface area (Å²) in [6.07, 6.45) is 0.626. The first-order valence-electron chi connectivity index (χ1n) is 8.02. The van der Waals surface area contributed by atoms with Gasteiger partial charge in [0, 0.05) is 16.8 Å². The second-order valence-electron chi connectivity index (χ2n) is 6.55. The van der Waals surface area contributed by atoms with Crippen LogP contribution in [0.3, 0.4) is 0 Å². The van der Waals surface area contributed by atoms with Crippen LogP contribution in [0.25, 0.3) is 0 Å². The highest BCUT2D eigenvalue weighted by molar-refractivity contribution is 7.91. The largest absolute Gasteiger partial charge is 0.339 e. The van der Waals surface area contributed by atoms with Crippen LogP contribution < -0.4 is 10.2 Å². The number of benzene rings is 1. The van der Waals surface area contributed by atoms with Crippen molar-refractivity contribution in [1.29, 1.82) is 0 Å². The number of halogens is 1. The molecule has 1 heterocycles. The lowest BCUT2D eigenvalue weighted by molar-refractivity contribution is -0.857. The summed E-state index contributed by atoms with van der Waals surface area (Å²) in [5.41, 5.74) is 1.79. The Balaban J connectivity index is 2.16. The minimum atomic E-state index is -2.96. The number of quaternary nitrogens is 1. The van der Waals surface area contributed by atoms with E-state index < -0.39 is 9.84 Å². The number of hydrogen-bond acceptors (Lipinski definition) is 3. The zero-order valence-electron chi connectivity index (χ0n) is 14.3. The molecule has 5 nitrogen and oxygen atoms in total. The molecule has 24 heavy (non-hydrogen) atoms. The molecule has 0 unspecified atom stereocenters. The van der Waals surface area contributed by atoms with Crippen LogP contribution >= 0.6 is 23.8 Å². The van der Waals surface area contributed by atoms with Crippen LogP contribution in [0.1, 0.15) is 12.0 Å². The van der Waals surface area contributed by atoms with E-state index in [0.717, 1.165) is 17.8 Å². The Hall–Kier alpha value is -0.890. The molecule has 8 heteroatoms. The molecular weight excluding hydrogens is 366 g/mol. The first-order chi connectivity index (χ1) is 11.2. The summed E-state index contributed by atoms with van der Waals surface area (Å²) in [6, 6.07) is 5.57. The van der Waals surface area contributed by atoms with Gasteiger partial charge in [-0.1, -0.05) is 17.7 Å². The average molecular weight is 391 g/mol. The zero-order chi connectivity index (χ0) is 17.9. The molecule has 0 spiro atoms. The van der Waals surface area contributed by atoms with Gasteiger partial charge in [-0.2, -0.15) is 0 Å². The van der Waals surface area contributed by atoms with Gasteiger partial charge in [-0.25, -0.2) is 8.42 Å². The molecule has 1 aliphatic rings. The number of sulfone groups is 1. The quantitative estimate of drug-likeness (QED) is 0.734. The van der Waals surface area contributed by atoms with E-state index in [-0.39, 0.29) is 17.5 Å². The van der Waals surface area contributed by atoms with Crippen LogP contribution in [0.2, 0.25) is 5.02 Å². The minimum Gasteiger partial charge on any atom is -0.339 e. The average Bonchev–Trinajstić information content (AvgIpc) is 2.84. The van der Waals surface area contributed by atoms with Crippen LogP contribution in [0.5, 0.6) is 0 Å². The van der Waals surface area contributed by atoms with E-state index in [1.54, 1.807) is 0 Å². The molecule has 2 rings (SSSR count). The number of anilines is 1. The third kappa shape index (κ3) is 5.05. The number of likely N-dealkylation sites (N-methyl/N-ethyl adjacent to an activating group) is 1.